The minimum Gasteiger partial charge on any atom is -0.508 e. The van der Waals surface area contributed by atoms with Crippen LogP contribution in [0.2, 0.25) is 0 Å². The third-order valence-corrected chi connectivity index (χ3v) is 4.86. The smallest absolute Gasteiger partial charge is 0.326 e. The molecule has 11 heteroatoms. The fraction of sp³-hybridized carbons (Fsp3) is 0.474. The molecule has 0 bridgehead atoms. The Kier molecular flexibility index (Phi) is 8.13. The highest BCUT2D eigenvalue weighted by atomic mass is 16.4. The summed E-state index contributed by atoms with van der Waals surface area (Å²) in [5, 5.41) is 32.9. The summed E-state index contributed by atoms with van der Waals surface area (Å²) in [5.41, 5.74) is 5.91. The number of aromatic hydroxyl groups is 1. The fourth-order valence-corrected chi connectivity index (χ4v) is 3.26. The summed E-state index contributed by atoms with van der Waals surface area (Å²) >= 11 is 0. The number of aliphatic hydroxyl groups is 1. The molecular formula is C19H26N4O7. The monoisotopic (exact) mass is 422 g/mol. The molecule has 3 unspecified atom stereocenters. The molecule has 1 saturated heterocycles. The zero-order valence-corrected chi connectivity index (χ0v) is 16.3. The number of phenols is 1. The maximum atomic E-state index is 12.5. The number of likely N-dealkylation sites (tertiary alicyclic amines) is 1. The van der Waals surface area contributed by atoms with Gasteiger partial charge in [0.05, 0.1) is 13.2 Å². The number of rotatable bonds is 9. The molecule has 3 atom stereocenters. The first-order valence-corrected chi connectivity index (χ1v) is 9.48. The number of phenolic OH excluding ortho intramolecular Hbond substituents is 1. The Morgan fingerprint density at radius 2 is 1.80 bits per heavy atom. The Balaban J connectivity index is 2.01. The molecule has 11 nitrogen and oxygen atoms in total. The van der Waals surface area contributed by atoms with Crippen molar-refractivity contribution in [2.45, 2.75) is 37.4 Å². The van der Waals surface area contributed by atoms with Crippen molar-refractivity contribution in [3.8, 4) is 5.75 Å². The van der Waals surface area contributed by atoms with Crippen LogP contribution in [0.5, 0.6) is 5.75 Å². The molecule has 1 heterocycles. The van der Waals surface area contributed by atoms with Crippen LogP contribution >= 0.6 is 0 Å². The van der Waals surface area contributed by atoms with Gasteiger partial charge in [0, 0.05) is 13.0 Å². The van der Waals surface area contributed by atoms with Gasteiger partial charge in [0.15, 0.2) is 0 Å². The molecule has 1 aliphatic heterocycles. The first kappa shape index (κ1) is 23.1. The number of nitrogens with one attached hydrogen (secondary N) is 2. The summed E-state index contributed by atoms with van der Waals surface area (Å²) in [4.78, 5) is 49.7. The minimum absolute atomic E-state index is 0.0202. The average molecular weight is 422 g/mol. The van der Waals surface area contributed by atoms with E-state index in [2.05, 4.69) is 10.6 Å². The van der Waals surface area contributed by atoms with Crippen LogP contribution in [0.25, 0.3) is 0 Å². The Hall–Kier alpha value is -3.18. The van der Waals surface area contributed by atoms with Crippen LogP contribution in [0.4, 0.5) is 0 Å². The molecular weight excluding hydrogens is 396 g/mol. The van der Waals surface area contributed by atoms with Crippen LogP contribution in [0.1, 0.15) is 18.4 Å². The van der Waals surface area contributed by atoms with Gasteiger partial charge >= 0.3 is 5.97 Å². The number of carboxylic acid groups (broad SMARTS) is 1. The number of aliphatic hydroxyl groups excluding tert-OH is 1. The van der Waals surface area contributed by atoms with Gasteiger partial charge in [-0.25, -0.2) is 4.79 Å². The van der Waals surface area contributed by atoms with Crippen molar-refractivity contribution in [3.63, 3.8) is 0 Å². The molecule has 0 aromatic heterocycles. The topological polar surface area (TPSA) is 182 Å². The van der Waals surface area contributed by atoms with E-state index in [0.29, 0.717) is 24.9 Å². The number of carbonyl (C=O) groups is 4. The standard InChI is InChI=1S/C19H26N4O7/c20-9-16(26)23-7-1-2-15(23)18(28)22-14(10-24)17(27)21-13(19(29)30)8-11-3-5-12(25)6-4-11/h3-6,13-15,24-25H,1-2,7-10,20H2,(H,21,27)(H,22,28)(H,29,30). The van der Waals surface area contributed by atoms with Crippen molar-refractivity contribution >= 4 is 23.7 Å². The predicted octanol–water partition coefficient (Wildman–Crippen LogP) is -2.07. The molecule has 3 amide bonds. The van der Waals surface area contributed by atoms with Gasteiger partial charge < -0.3 is 36.6 Å². The Morgan fingerprint density at radius 1 is 1.13 bits per heavy atom. The lowest BCUT2D eigenvalue weighted by Crippen LogP contribution is -2.57. The molecule has 1 aromatic carbocycles. The van der Waals surface area contributed by atoms with Crippen LogP contribution in [0.3, 0.4) is 0 Å². The molecule has 1 aromatic rings. The fourth-order valence-electron chi connectivity index (χ4n) is 3.26. The normalized spacial score (nSPS) is 17.8. The summed E-state index contributed by atoms with van der Waals surface area (Å²) < 4.78 is 0. The minimum atomic E-state index is -1.38. The SMILES string of the molecule is NCC(=O)N1CCCC1C(=O)NC(CO)C(=O)NC(Cc1ccc(O)cc1)C(=O)O. The van der Waals surface area contributed by atoms with E-state index in [1.165, 1.54) is 29.2 Å². The van der Waals surface area contributed by atoms with Gasteiger partial charge in [0.2, 0.25) is 17.7 Å². The molecule has 0 spiro atoms. The van der Waals surface area contributed by atoms with E-state index in [4.69, 9.17) is 5.73 Å². The van der Waals surface area contributed by atoms with Crippen molar-refractivity contribution in [2.75, 3.05) is 19.7 Å². The van der Waals surface area contributed by atoms with E-state index in [0.717, 1.165) is 0 Å². The largest absolute Gasteiger partial charge is 0.508 e. The zero-order valence-electron chi connectivity index (χ0n) is 16.3. The van der Waals surface area contributed by atoms with E-state index in [1.54, 1.807) is 0 Å². The summed E-state index contributed by atoms with van der Waals surface area (Å²) in [6, 6.07) is 2.34. The van der Waals surface area contributed by atoms with Crippen molar-refractivity contribution in [2.24, 2.45) is 5.73 Å². The Bertz CT molecular complexity index is 784. The number of hydrogen-bond donors (Lipinski definition) is 6. The van der Waals surface area contributed by atoms with Gasteiger partial charge in [-0.05, 0) is 30.5 Å². The lowest BCUT2D eigenvalue weighted by Gasteiger charge is -2.26. The molecule has 164 valence electrons. The van der Waals surface area contributed by atoms with Crippen LogP contribution in [0.15, 0.2) is 24.3 Å². The van der Waals surface area contributed by atoms with Crippen molar-refractivity contribution in [1.29, 1.82) is 0 Å². The van der Waals surface area contributed by atoms with Crippen molar-refractivity contribution in [1.82, 2.24) is 15.5 Å². The molecule has 0 aliphatic carbocycles. The maximum absolute atomic E-state index is 12.5. The number of benzene rings is 1. The van der Waals surface area contributed by atoms with E-state index in [1.807, 2.05) is 0 Å². The second-order valence-corrected chi connectivity index (χ2v) is 6.96. The molecule has 7 N–H and O–H groups in total. The summed E-state index contributed by atoms with van der Waals surface area (Å²) in [7, 11) is 0. The Labute approximate surface area is 172 Å². The number of carboxylic acids is 1. The van der Waals surface area contributed by atoms with Crippen LogP contribution in [-0.4, -0.2) is 81.7 Å². The van der Waals surface area contributed by atoms with Crippen LogP contribution in [-0.2, 0) is 25.6 Å². The lowest BCUT2D eigenvalue weighted by molar-refractivity contribution is -0.143. The van der Waals surface area contributed by atoms with Crippen LogP contribution < -0.4 is 16.4 Å². The van der Waals surface area contributed by atoms with Crippen molar-refractivity contribution < 1.29 is 34.5 Å². The van der Waals surface area contributed by atoms with Gasteiger partial charge in [0.25, 0.3) is 0 Å². The Morgan fingerprint density at radius 3 is 2.37 bits per heavy atom. The van der Waals surface area contributed by atoms with Gasteiger partial charge in [-0.2, -0.15) is 0 Å². The molecule has 1 fully saturated rings. The van der Waals surface area contributed by atoms with Gasteiger partial charge in [-0.3, -0.25) is 14.4 Å². The zero-order chi connectivity index (χ0) is 22.3. The number of aliphatic carboxylic acids is 1. The summed E-state index contributed by atoms with van der Waals surface area (Å²) in [6.45, 7) is -0.621. The number of nitrogens with zero attached hydrogens (tertiary/aromatic N) is 1. The summed E-state index contributed by atoms with van der Waals surface area (Å²) in [5.74, 6) is -3.15. The van der Waals surface area contributed by atoms with Gasteiger partial charge in [0.1, 0.15) is 23.9 Å². The van der Waals surface area contributed by atoms with E-state index >= 15 is 0 Å². The maximum Gasteiger partial charge on any atom is 0.326 e. The second kappa shape index (κ2) is 10.6. The first-order chi connectivity index (χ1) is 14.3. The van der Waals surface area contributed by atoms with Crippen molar-refractivity contribution in [3.05, 3.63) is 29.8 Å². The highest BCUT2D eigenvalue weighted by molar-refractivity contribution is 5.94. The molecule has 30 heavy (non-hydrogen) atoms. The highest BCUT2D eigenvalue weighted by Crippen LogP contribution is 2.17. The third kappa shape index (κ3) is 5.91. The van der Waals surface area contributed by atoms with E-state index in [9.17, 15) is 34.5 Å². The quantitative estimate of drug-likeness (QED) is 0.262. The first-order valence-electron chi connectivity index (χ1n) is 9.48. The third-order valence-electron chi connectivity index (χ3n) is 4.86. The van der Waals surface area contributed by atoms with E-state index in [-0.39, 0.29) is 18.7 Å². The van der Waals surface area contributed by atoms with Gasteiger partial charge in [-0.1, -0.05) is 12.1 Å². The number of hydrogen-bond acceptors (Lipinski definition) is 7. The molecule has 0 saturated carbocycles. The van der Waals surface area contributed by atoms with Gasteiger partial charge in [-0.15, -0.1) is 0 Å². The number of carbonyl (C=O) groups excluding carboxylic acids is 3. The summed E-state index contributed by atoms with van der Waals surface area (Å²) in [6.07, 6.45) is 0.943. The number of amides is 3. The molecule has 0 radical (unpaired) electrons. The average Bonchev–Trinajstić information content (AvgIpc) is 3.22. The van der Waals surface area contributed by atoms with E-state index < -0.39 is 48.4 Å². The predicted molar refractivity (Wildman–Crippen MR) is 104 cm³/mol. The lowest BCUT2D eigenvalue weighted by atomic mass is 10.1. The number of nitrogens with two attached hydrogens (primary N) is 1. The highest BCUT2D eigenvalue weighted by Gasteiger charge is 2.35. The molecule has 1 aliphatic rings. The second-order valence-electron chi connectivity index (χ2n) is 6.96. The van der Waals surface area contributed by atoms with Crippen LogP contribution in [0, 0.1) is 0 Å². The molecule has 2 rings (SSSR count).